The molecule has 4 aromatic carbocycles. The fourth-order valence-corrected chi connectivity index (χ4v) is 5.28. The Bertz CT molecular complexity index is 1330. The first-order valence-electron chi connectivity index (χ1n) is 13.0. The average molecular weight is 510 g/mol. The molecule has 0 saturated heterocycles. The van der Waals surface area contributed by atoms with Crippen LogP contribution in [0.5, 0.6) is 17.2 Å². The van der Waals surface area contributed by atoms with Gasteiger partial charge in [0.05, 0.1) is 40.1 Å². The van der Waals surface area contributed by atoms with Crippen molar-refractivity contribution >= 4 is 0 Å². The van der Waals surface area contributed by atoms with Crippen LogP contribution in [0, 0.1) is 0 Å². The van der Waals surface area contributed by atoms with Crippen molar-refractivity contribution in [3.05, 3.63) is 113 Å². The van der Waals surface area contributed by atoms with Crippen molar-refractivity contribution in [2.75, 3.05) is 27.9 Å². The van der Waals surface area contributed by atoms with Gasteiger partial charge in [0.2, 0.25) is 0 Å². The van der Waals surface area contributed by atoms with Gasteiger partial charge >= 0.3 is 0 Å². The lowest BCUT2D eigenvalue weighted by Crippen LogP contribution is -2.40. The van der Waals surface area contributed by atoms with Gasteiger partial charge in [-0.15, -0.1) is 0 Å². The summed E-state index contributed by atoms with van der Waals surface area (Å²) in [5.74, 6) is 2.20. The molecular formula is C33H35NO4. The molecule has 0 aromatic heterocycles. The van der Waals surface area contributed by atoms with Crippen LogP contribution in [0.4, 0.5) is 0 Å². The summed E-state index contributed by atoms with van der Waals surface area (Å²) in [5.41, 5.74) is 7.24. The topological polar surface area (TPSA) is 40.2 Å². The van der Waals surface area contributed by atoms with Crippen molar-refractivity contribution in [1.82, 2.24) is 4.90 Å². The van der Waals surface area contributed by atoms with Gasteiger partial charge in [0.1, 0.15) is 17.2 Å². The summed E-state index contributed by atoms with van der Waals surface area (Å²) in [4.78, 5) is 2.49. The van der Waals surface area contributed by atoms with Gasteiger partial charge in [0, 0.05) is 31.3 Å². The summed E-state index contributed by atoms with van der Waals surface area (Å²) in [7, 11) is 5.04. The highest BCUT2D eigenvalue weighted by molar-refractivity contribution is 5.70. The van der Waals surface area contributed by atoms with E-state index in [1.807, 2.05) is 12.1 Å². The average Bonchev–Trinajstić information content (AvgIpc) is 2.97. The third-order valence-electron chi connectivity index (χ3n) is 7.27. The van der Waals surface area contributed by atoms with Gasteiger partial charge in [0.15, 0.2) is 0 Å². The number of rotatable bonds is 7. The highest BCUT2D eigenvalue weighted by Crippen LogP contribution is 2.37. The Kier molecular flexibility index (Phi) is 8.27. The molecule has 196 valence electrons. The van der Waals surface area contributed by atoms with Crippen molar-refractivity contribution in [3.63, 3.8) is 0 Å². The maximum atomic E-state index is 6.43. The summed E-state index contributed by atoms with van der Waals surface area (Å²) in [5, 5.41) is 0. The summed E-state index contributed by atoms with van der Waals surface area (Å²) in [6, 6.07) is 31.9. The number of fused-ring (bicyclic) bond motifs is 3. The first-order chi connectivity index (χ1) is 18.7. The maximum absolute atomic E-state index is 6.43. The molecule has 0 saturated carbocycles. The molecule has 4 aromatic rings. The molecule has 5 rings (SSSR count). The van der Waals surface area contributed by atoms with Gasteiger partial charge in [-0.1, -0.05) is 78.9 Å². The molecule has 1 aliphatic rings. The molecule has 0 bridgehead atoms. The number of hydrogen-bond acceptors (Lipinski definition) is 5. The summed E-state index contributed by atoms with van der Waals surface area (Å²) in [6.07, 6.45) is 0.867. The van der Waals surface area contributed by atoms with E-state index >= 15 is 0 Å². The Morgan fingerprint density at radius 2 is 1.34 bits per heavy atom. The van der Waals surface area contributed by atoms with Gasteiger partial charge in [-0.3, -0.25) is 4.90 Å². The van der Waals surface area contributed by atoms with E-state index in [2.05, 4.69) is 83.8 Å². The third-order valence-corrected chi connectivity index (χ3v) is 7.27. The van der Waals surface area contributed by atoms with Crippen LogP contribution in [0.3, 0.4) is 0 Å². The molecule has 5 nitrogen and oxygen atoms in total. The van der Waals surface area contributed by atoms with E-state index in [1.54, 1.807) is 21.3 Å². The van der Waals surface area contributed by atoms with Crippen LogP contribution in [0.15, 0.2) is 91.0 Å². The van der Waals surface area contributed by atoms with Crippen molar-refractivity contribution in [2.45, 2.75) is 32.2 Å². The lowest BCUT2D eigenvalue weighted by atomic mass is 9.94. The van der Waals surface area contributed by atoms with E-state index < -0.39 is 0 Å². The Morgan fingerprint density at radius 1 is 0.737 bits per heavy atom. The normalized spacial score (nSPS) is 15.7. The minimum absolute atomic E-state index is 0.132. The molecule has 1 heterocycles. The predicted octanol–water partition coefficient (Wildman–Crippen LogP) is 6.52. The molecule has 1 aliphatic heterocycles. The van der Waals surface area contributed by atoms with Crippen LogP contribution in [-0.2, 0) is 30.9 Å². The standard InChI is InChI=1S/C33H35NO4/c1-35-28-18-32(36-2)31(33(19-28)37-3)21-34-20-25-13-7-9-15-29(25)30-16-10-8-14-26(30)22-38-23-27(34)17-24-11-5-4-6-12-24/h4-16,18-19,27H,17,20-23H2,1-3H3/t27-/m0/s1. The van der Waals surface area contributed by atoms with Crippen molar-refractivity contribution in [3.8, 4) is 28.4 Å². The molecule has 5 heteroatoms. The van der Waals surface area contributed by atoms with Gasteiger partial charge in [-0.25, -0.2) is 0 Å². The second kappa shape index (κ2) is 12.2. The Hall–Kier alpha value is -3.80. The molecule has 0 fully saturated rings. The minimum Gasteiger partial charge on any atom is -0.496 e. The highest BCUT2D eigenvalue weighted by Gasteiger charge is 2.26. The fraction of sp³-hybridized carbons (Fsp3) is 0.273. The van der Waals surface area contributed by atoms with E-state index in [0.717, 1.165) is 30.0 Å². The first kappa shape index (κ1) is 25.8. The Morgan fingerprint density at radius 3 is 2.00 bits per heavy atom. The SMILES string of the molecule is COc1cc(OC)c(CN2Cc3ccccc3-c3ccccc3COC[C@@H]2Cc2ccccc2)c(OC)c1. The fourth-order valence-electron chi connectivity index (χ4n) is 5.28. The first-order valence-corrected chi connectivity index (χ1v) is 13.0. The van der Waals surface area contributed by atoms with E-state index in [0.29, 0.717) is 25.5 Å². The lowest BCUT2D eigenvalue weighted by molar-refractivity contribution is 0.0417. The van der Waals surface area contributed by atoms with Gasteiger partial charge in [0.25, 0.3) is 0 Å². The quantitative estimate of drug-likeness (QED) is 0.284. The number of nitrogens with zero attached hydrogens (tertiary/aromatic N) is 1. The Labute approximate surface area is 225 Å². The zero-order valence-corrected chi connectivity index (χ0v) is 22.4. The molecule has 0 N–H and O–H groups in total. The Balaban J connectivity index is 1.60. The monoisotopic (exact) mass is 509 g/mol. The molecule has 0 amide bonds. The van der Waals surface area contributed by atoms with E-state index in [4.69, 9.17) is 18.9 Å². The van der Waals surface area contributed by atoms with Crippen molar-refractivity contribution in [1.29, 1.82) is 0 Å². The molecular weight excluding hydrogens is 474 g/mol. The molecule has 38 heavy (non-hydrogen) atoms. The number of hydrogen-bond donors (Lipinski definition) is 0. The van der Waals surface area contributed by atoms with Gasteiger partial charge < -0.3 is 18.9 Å². The largest absolute Gasteiger partial charge is 0.496 e. The van der Waals surface area contributed by atoms with E-state index in [1.165, 1.54) is 27.8 Å². The number of methoxy groups -OCH3 is 3. The molecule has 0 spiro atoms. The van der Waals surface area contributed by atoms with Crippen LogP contribution in [-0.4, -0.2) is 38.9 Å². The maximum Gasteiger partial charge on any atom is 0.130 e. The predicted molar refractivity (Wildman–Crippen MR) is 151 cm³/mol. The third kappa shape index (κ3) is 5.69. The molecule has 0 aliphatic carbocycles. The molecule has 0 unspecified atom stereocenters. The van der Waals surface area contributed by atoms with Crippen LogP contribution < -0.4 is 14.2 Å². The van der Waals surface area contributed by atoms with Crippen molar-refractivity contribution < 1.29 is 18.9 Å². The molecule has 0 radical (unpaired) electrons. The summed E-state index contributed by atoms with van der Waals surface area (Å²) in [6.45, 7) is 2.56. The van der Waals surface area contributed by atoms with Crippen LogP contribution in [0.1, 0.15) is 22.3 Å². The number of benzene rings is 4. The van der Waals surface area contributed by atoms with Crippen LogP contribution in [0.25, 0.3) is 11.1 Å². The van der Waals surface area contributed by atoms with Crippen LogP contribution >= 0.6 is 0 Å². The minimum atomic E-state index is 0.132. The zero-order chi connectivity index (χ0) is 26.3. The zero-order valence-electron chi connectivity index (χ0n) is 22.4. The highest BCUT2D eigenvalue weighted by atomic mass is 16.5. The van der Waals surface area contributed by atoms with E-state index in [9.17, 15) is 0 Å². The van der Waals surface area contributed by atoms with Crippen LogP contribution in [0.2, 0.25) is 0 Å². The smallest absolute Gasteiger partial charge is 0.130 e. The second-order valence-electron chi connectivity index (χ2n) is 9.59. The number of ether oxygens (including phenoxy) is 4. The van der Waals surface area contributed by atoms with Gasteiger partial charge in [-0.2, -0.15) is 0 Å². The van der Waals surface area contributed by atoms with Gasteiger partial charge in [-0.05, 0) is 34.2 Å². The van der Waals surface area contributed by atoms with E-state index in [-0.39, 0.29) is 6.04 Å². The summed E-state index contributed by atoms with van der Waals surface area (Å²) < 4.78 is 23.6. The summed E-state index contributed by atoms with van der Waals surface area (Å²) >= 11 is 0. The van der Waals surface area contributed by atoms with Crippen molar-refractivity contribution in [2.24, 2.45) is 0 Å². The molecule has 1 atom stereocenters. The lowest BCUT2D eigenvalue weighted by Gasteiger charge is -2.34. The second-order valence-corrected chi connectivity index (χ2v) is 9.59.